The number of carbonyl (C=O) groups excluding carboxylic acids is 1. The molecular weight excluding hydrogens is 347 g/mol. The van der Waals surface area contributed by atoms with Crippen molar-refractivity contribution in [3.05, 3.63) is 35.1 Å². The molecule has 24 heavy (non-hydrogen) atoms. The van der Waals surface area contributed by atoms with Crippen LogP contribution in [0.15, 0.2) is 28.6 Å². The summed E-state index contributed by atoms with van der Waals surface area (Å²) in [7, 11) is 0. The van der Waals surface area contributed by atoms with E-state index in [0.717, 1.165) is 34.4 Å². The average molecular weight is 366 g/mol. The van der Waals surface area contributed by atoms with Crippen LogP contribution >= 0.6 is 23.1 Å². The van der Waals surface area contributed by atoms with Crippen LogP contribution in [0.5, 0.6) is 0 Å². The number of halogens is 1. The Morgan fingerprint density at radius 2 is 2.38 bits per heavy atom. The second-order valence-corrected chi connectivity index (χ2v) is 8.11. The molecule has 1 aliphatic heterocycles. The highest BCUT2D eigenvalue weighted by Crippen LogP contribution is 2.23. The third-order valence-corrected chi connectivity index (χ3v) is 5.75. The first-order chi connectivity index (χ1) is 11.6. The molecule has 2 heterocycles. The number of rotatable bonds is 5. The van der Waals surface area contributed by atoms with E-state index in [4.69, 9.17) is 0 Å². The number of hydrogen-bond donors (Lipinski definition) is 1. The van der Waals surface area contributed by atoms with Gasteiger partial charge in [0.25, 0.3) is 0 Å². The van der Waals surface area contributed by atoms with Crippen LogP contribution in [0, 0.1) is 12.7 Å². The van der Waals surface area contributed by atoms with E-state index in [-0.39, 0.29) is 17.8 Å². The molecular formula is C16H19FN4OS2. The molecule has 0 spiro atoms. The molecule has 0 aliphatic carbocycles. The smallest absolute Gasteiger partial charge is 0.233 e. The number of aromatic nitrogens is 2. The number of likely N-dealkylation sites (tertiary alicyclic amines) is 1. The van der Waals surface area contributed by atoms with E-state index in [1.54, 1.807) is 6.07 Å². The Labute approximate surface area is 148 Å². The van der Waals surface area contributed by atoms with Crippen LogP contribution in [0.25, 0.3) is 0 Å². The fraction of sp³-hybridized carbons (Fsp3) is 0.438. The lowest BCUT2D eigenvalue weighted by Gasteiger charge is -2.33. The zero-order chi connectivity index (χ0) is 16.9. The Morgan fingerprint density at radius 3 is 3.12 bits per heavy atom. The van der Waals surface area contributed by atoms with Crippen LogP contribution in [-0.4, -0.2) is 45.9 Å². The zero-order valence-electron chi connectivity index (χ0n) is 13.4. The lowest BCUT2D eigenvalue weighted by atomic mass is 10.1. The molecule has 1 unspecified atom stereocenters. The summed E-state index contributed by atoms with van der Waals surface area (Å²) in [5, 5.41) is 12.2. The molecule has 1 aliphatic rings. The van der Waals surface area contributed by atoms with E-state index < -0.39 is 0 Å². The first kappa shape index (κ1) is 17.2. The van der Waals surface area contributed by atoms with Gasteiger partial charge in [0.1, 0.15) is 10.8 Å². The first-order valence-electron chi connectivity index (χ1n) is 7.83. The van der Waals surface area contributed by atoms with E-state index in [1.807, 2.05) is 17.9 Å². The molecule has 8 heteroatoms. The largest absolute Gasteiger partial charge is 0.380 e. The molecule has 1 fully saturated rings. The third kappa shape index (κ3) is 4.67. The van der Waals surface area contributed by atoms with Crippen molar-refractivity contribution in [2.24, 2.45) is 0 Å². The zero-order valence-corrected chi connectivity index (χ0v) is 15.0. The van der Waals surface area contributed by atoms with Crippen LogP contribution in [0.1, 0.15) is 17.8 Å². The Bertz CT molecular complexity index is 709. The summed E-state index contributed by atoms with van der Waals surface area (Å²) in [5.41, 5.74) is 0.757. The molecule has 0 saturated carbocycles. The molecule has 0 bridgehead atoms. The van der Waals surface area contributed by atoms with E-state index in [1.165, 1.54) is 35.2 Å². The van der Waals surface area contributed by atoms with Gasteiger partial charge in [0.05, 0.1) is 5.75 Å². The van der Waals surface area contributed by atoms with Gasteiger partial charge in [-0.2, -0.15) is 0 Å². The van der Waals surface area contributed by atoms with Gasteiger partial charge in [0, 0.05) is 24.8 Å². The van der Waals surface area contributed by atoms with Crippen LogP contribution in [0.3, 0.4) is 0 Å². The Hall–Kier alpha value is -1.67. The maximum Gasteiger partial charge on any atom is 0.233 e. The number of anilines is 1. The number of aryl methyl sites for hydroxylation is 1. The molecule has 1 aromatic carbocycles. The minimum absolute atomic E-state index is 0.110. The van der Waals surface area contributed by atoms with E-state index in [2.05, 4.69) is 15.5 Å². The highest BCUT2D eigenvalue weighted by molar-refractivity contribution is 8.01. The second kappa shape index (κ2) is 7.94. The van der Waals surface area contributed by atoms with E-state index in [9.17, 15) is 9.18 Å². The highest BCUT2D eigenvalue weighted by Gasteiger charge is 2.23. The maximum atomic E-state index is 13.3. The maximum absolute atomic E-state index is 13.3. The van der Waals surface area contributed by atoms with Gasteiger partial charge in [-0.05, 0) is 38.0 Å². The van der Waals surface area contributed by atoms with Gasteiger partial charge in [0.15, 0.2) is 4.34 Å². The SMILES string of the molecule is Cc1nnc(SCC(=O)N2CCCC(Nc3cccc(F)c3)C2)s1. The normalized spacial score (nSPS) is 17.8. The molecule has 0 radical (unpaired) electrons. The summed E-state index contributed by atoms with van der Waals surface area (Å²) >= 11 is 2.94. The van der Waals surface area contributed by atoms with Crippen LogP contribution in [0.2, 0.25) is 0 Å². The van der Waals surface area contributed by atoms with Gasteiger partial charge in [-0.3, -0.25) is 4.79 Å². The van der Waals surface area contributed by atoms with E-state index >= 15 is 0 Å². The van der Waals surface area contributed by atoms with Crippen molar-refractivity contribution in [2.75, 3.05) is 24.2 Å². The topological polar surface area (TPSA) is 58.1 Å². The molecule has 3 rings (SSSR count). The minimum atomic E-state index is -0.257. The summed E-state index contributed by atoms with van der Waals surface area (Å²) < 4.78 is 14.1. The number of piperidine rings is 1. The number of amides is 1. The van der Waals surface area contributed by atoms with Crippen molar-refractivity contribution in [3.8, 4) is 0 Å². The lowest BCUT2D eigenvalue weighted by molar-refractivity contribution is -0.129. The fourth-order valence-electron chi connectivity index (χ4n) is 2.69. The molecule has 1 amide bonds. The Balaban J connectivity index is 1.51. The predicted octanol–water partition coefficient (Wildman–Crippen LogP) is 3.18. The van der Waals surface area contributed by atoms with Gasteiger partial charge in [-0.1, -0.05) is 29.2 Å². The molecule has 1 aromatic heterocycles. The summed E-state index contributed by atoms with van der Waals surface area (Å²) in [6.07, 6.45) is 1.92. The number of carbonyl (C=O) groups is 1. The highest BCUT2D eigenvalue weighted by atomic mass is 32.2. The van der Waals surface area contributed by atoms with Crippen molar-refractivity contribution < 1.29 is 9.18 Å². The number of benzene rings is 1. The Morgan fingerprint density at radius 1 is 1.50 bits per heavy atom. The second-order valence-electron chi connectivity index (χ2n) is 5.71. The van der Waals surface area contributed by atoms with Crippen LogP contribution < -0.4 is 5.32 Å². The van der Waals surface area contributed by atoms with Gasteiger partial charge in [-0.25, -0.2) is 4.39 Å². The van der Waals surface area contributed by atoms with E-state index in [0.29, 0.717) is 12.3 Å². The summed E-state index contributed by atoms with van der Waals surface area (Å²) in [5.74, 6) is 0.229. The van der Waals surface area contributed by atoms with Gasteiger partial charge in [-0.15, -0.1) is 10.2 Å². The lowest BCUT2D eigenvalue weighted by Crippen LogP contribution is -2.45. The number of hydrogen-bond acceptors (Lipinski definition) is 6. The van der Waals surface area contributed by atoms with Crippen molar-refractivity contribution >= 4 is 34.7 Å². The van der Waals surface area contributed by atoms with Crippen LogP contribution in [0.4, 0.5) is 10.1 Å². The molecule has 128 valence electrons. The molecule has 1 saturated heterocycles. The number of nitrogens with one attached hydrogen (secondary N) is 1. The van der Waals surface area contributed by atoms with Gasteiger partial charge < -0.3 is 10.2 Å². The average Bonchev–Trinajstić information content (AvgIpc) is 2.98. The number of thioether (sulfide) groups is 1. The molecule has 5 nitrogen and oxygen atoms in total. The van der Waals surface area contributed by atoms with Crippen molar-refractivity contribution in [1.29, 1.82) is 0 Å². The van der Waals surface area contributed by atoms with Gasteiger partial charge in [0.2, 0.25) is 5.91 Å². The monoisotopic (exact) mass is 366 g/mol. The minimum Gasteiger partial charge on any atom is -0.380 e. The molecule has 1 atom stereocenters. The van der Waals surface area contributed by atoms with Gasteiger partial charge >= 0.3 is 0 Å². The number of nitrogens with zero attached hydrogens (tertiary/aromatic N) is 3. The predicted molar refractivity (Wildman–Crippen MR) is 95.0 cm³/mol. The summed E-state index contributed by atoms with van der Waals surface area (Å²) in [6, 6.07) is 6.59. The first-order valence-corrected chi connectivity index (χ1v) is 9.63. The van der Waals surface area contributed by atoms with Crippen LogP contribution in [-0.2, 0) is 4.79 Å². The van der Waals surface area contributed by atoms with Crippen molar-refractivity contribution in [2.45, 2.75) is 30.1 Å². The fourth-order valence-corrected chi connectivity index (χ4v) is 4.41. The molecule has 2 aromatic rings. The summed E-state index contributed by atoms with van der Waals surface area (Å²) in [6.45, 7) is 3.32. The third-order valence-electron chi connectivity index (χ3n) is 3.80. The summed E-state index contributed by atoms with van der Waals surface area (Å²) in [4.78, 5) is 14.3. The quantitative estimate of drug-likeness (QED) is 0.824. The van der Waals surface area contributed by atoms with Crippen molar-refractivity contribution in [3.63, 3.8) is 0 Å². The van der Waals surface area contributed by atoms with Crippen molar-refractivity contribution in [1.82, 2.24) is 15.1 Å². The Kier molecular flexibility index (Phi) is 5.68. The molecule has 1 N–H and O–H groups in total. The standard InChI is InChI=1S/C16H19FN4OS2/c1-11-19-20-16(24-11)23-10-15(22)21-7-3-6-14(9-21)18-13-5-2-4-12(17)8-13/h2,4-5,8,14,18H,3,6-7,9-10H2,1H3.